The van der Waals surface area contributed by atoms with E-state index in [0.717, 1.165) is 25.4 Å². The lowest BCUT2D eigenvalue weighted by Crippen LogP contribution is -2.47. The molecule has 80 valence electrons. The molecule has 14 heavy (non-hydrogen) atoms. The minimum Gasteiger partial charge on any atom is -0.338 e. The molecule has 1 aliphatic carbocycles. The summed E-state index contributed by atoms with van der Waals surface area (Å²) < 4.78 is 0. The van der Waals surface area contributed by atoms with Crippen molar-refractivity contribution in [2.45, 2.75) is 45.2 Å². The van der Waals surface area contributed by atoms with Crippen LogP contribution in [-0.4, -0.2) is 36.0 Å². The van der Waals surface area contributed by atoms with Crippen molar-refractivity contribution in [2.24, 2.45) is 5.92 Å². The summed E-state index contributed by atoms with van der Waals surface area (Å²) in [6, 6.07) is 0.664. The van der Waals surface area contributed by atoms with Crippen LogP contribution in [0.25, 0.3) is 0 Å². The molecular formula is C11H20N2O. The zero-order valence-corrected chi connectivity index (χ0v) is 9.12. The number of carbonyl (C=O) groups excluding carboxylic acids is 1. The smallest absolute Gasteiger partial charge is 0.240 e. The molecule has 2 rings (SSSR count). The minimum atomic E-state index is 0.107. The van der Waals surface area contributed by atoms with Crippen molar-refractivity contribution in [3.05, 3.63) is 0 Å². The summed E-state index contributed by atoms with van der Waals surface area (Å²) in [7, 11) is 0. The van der Waals surface area contributed by atoms with Gasteiger partial charge in [0.25, 0.3) is 0 Å². The van der Waals surface area contributed by atoms with Crippen molar-refractivity contribution in [3.63, 3.8) is 0 Å². The van der Waals surface area contributed by atoms with Crippen LogP contribution in [0, 0.1) is 5.92 Å². The second-order valence-corrected chi connectivity index (χ2v) is 4.66. The van der Waals surface area contributed by atoms with Gasteiger partial charge in [-0.25, -0.2) is 0 Å². The zero-order valence-electron chi connectivity index (χ0n) is 9.12. The summed E-state index contributed by atoms with van der Waals surface area (Å²) in [6.07, 6.45) is 3.42. The van der Waals surface area contributed by atoms with Gasteiger partial charge in [-0.1, -0.05) is 13.8 Å². The Balaban J connectivity index is 1.87. The molecule has 0 radical (unpaired) electrons. The molecule has 1 atom stereocenters. The largest absolute Gasteiger partial charge is 0.338 e. The summed E-state index contributed by atoms with van der Waals surface area (Å²) in [4.78, 5) is 14.0. The van der Waals surface area contributed by atoms with E-state index in [0.29, 0.717) is 11.9 Å². The quantitative estimate of drug-likeness (QED) is 0.730. The Kier molecular flexibility index (Phi) is 2.77. The first-order chi connectivity index (χ1) is 6.72. The fourth-order valence-electron chi connectivity index (χ4n) is 2.61. The third-order valence-corrected chi connectivity index (χ3v) is 3.48. The van der Waals surface area contributed by atoms with Crippen LogP contribution in [0.15, 0.2) is 0 Å². The summed E-state index contributed by atoms with van der Waals surface area (Å²) in [5.41, 5.74) is 0. The fourth-order valence-corrected chi connectivity index (χ4v) is 2.61. The molecule has 0 bridgehead atoms. The van der Waals surface area contributed by atoms with E-state index in [2.05, 4.69) is 24.1 Å². The molecule has 1 unspecified atom stereocenters. The van der Waals surface area contributed by atoms with Gasteiger partial charge in [-0.15, -0.1) is 0 Å². The number of amides is 1. The highest BCUT2D eigenvalue weighted by molar-refractivity contribution is 5.84. The standard InChI is InChI=1S/C11H20N2O/c1-3-12-10-4-5-13(11(10)14)9-6-8(2)7-9/h8-10,12H,3-7H2,1-2H3. The van der Waals surface area contributed by atoms with Gasteiger partial charge in [0.1, 0.15) is 0 Å². The normalized spacial score (nSPS) is 37.4. The predicted octanol–water partition coefficient (Wildman–Crippen LogP) is 0.995. The van der Waals surface area contributed by atoms with Gasteiger partial charge in [0.15, 0.2) is 0 Å². The van der Waals surface area contributed by atoms with Crippen LogP contribution in [0.3, 0.4) is 0 Å². The van der Waals surface area contributed by atoms with Crippen LogP contribution in [0.5, 0.6) is 0 Å². The van der Waals surface area contributed by atoms with E-state index in [-0.39, 0.29) is 6.04 Å². The average molecular weight is 196 g/mol. The lowest BCUT2D eigenvalue weighted by Gasteiger charge is -2.39. The summed E-state index contributed by atoms with van der Waals surface area (Å²) >= 11 is 0. The first-order valence-electron chi connectivity index (χ1n) is 5.76. The number of nitrogens with one attached hydrogen (secondary N) is 1. The van der Waals surface area contributed by atoms with Crippen molar-refractivity contribution < 1.29 is 4.79 Å². The topological polar surface area (TPSA) is 32.3 Å². The third-order valence-electron chi connectivity index (χ3n) is 3.48. The maximum absolute atomic E-state index is 11.9. The Morgan fingerprint density at radius 3 is 2.79 bits per heavy atom. The summed E-state index contributed by atoms with van der Waals surface area (Å²) in [6.45, 7) is 6.18. The van der Waals surface area contributed by atoms with Crippen LogP contribution in [0.2, 0.25) is 0 Å². The molecule has 3 nitrogen and oxygen atoms in total. The van der Waals surface area contributed by atoms with Gasteiger partial charge >= 0.3 is 0 Å². The Bertz CT molecular complexity index is 223. The molecular weight excluding hydrogens is 176 g/mol. The maximum atomic E-state index is 11.9. The number of hydrogen-bond acceptors (Lipinski definition) is 2. The van der Waals surface area contributed by atoms with E-state index in [9.17, 15) is 4.79 Å². The number of likely N-dealkylation sites (N-methyl/N-ethyl adjacent to an activating group) is 1. The molecule has 1 N–H and O–H groups in total. The zero-order chi connectivity index (χ0) is 10.1. The first kappa shape index (κ1) is 9.97. The van der Waals surface area contributed by atoms with Crippen LogP contribution >= 0.6 is 0 Å². The molecule has 3 heteroatoms. The Hall–Kier alpha value is -0.570. The van der Waals surface area contributed by atoms with E-state index in [4.69, 9.17) is 0 Å². The van der Waals surface area contributed by atoms with E-state index in [1.165, 1.54) is 12.8 Å². The SMILES string of the molecule is CCNC1CCN(C2CC(C)C2)C1=O. The summed E-state index contributed by atoms with van der Waals surface area (Å²) in [5, 5.41) is 3.25. The number of carbonyl (C=O) groups is 1. The highest BCUT2D eigenvalue weighted by atomic mass is 16.2. The van der Waals surface area contributed by atoms with Gasteiger partial charge in [-0.2, -0.15) is 0 Å². The van der Waals surface area contributed by atoms with Gasteiger partial charge in [-0.3, -0.25) is 4.79 Å². The molecule has 0 aromatic rings. The number of likely N-dealkylation sites (tertiary alicyclic amines) is 1. The predicted molar refractivity (Wildman–Crippen MR) is 56.0 cm³/mol. The molecule has 2 aliphatic rings. The van der Waals surface area contributed by atoms with Crippen LogP contribution < -0.4 is 5.32 Å². The van der Waals surface area contributed by atoms with Crippen molar-refractivity contribution in [1.29, 1.82) is 0 Å². The van der Waals surface area contributed by atoms with E-state index in [1.54, 1.807) is 0 Å². The number of hydrogen-bond donors (Lipinski definition) is 1. The van der Waals surface area contributed by atoms with Gasteiger partial charge in [0.05, 0.1) is 6.04 Å². The monoisotopic (exact) mass is 196 g/mol. The van der Waals surface area contributed by atoms with Crippen LogP contribution in [0.1, 0.15) is 33.1 Å². The van der Waals surface area contributed by atoms with Crippen LogP contribution in [-0.2, 0) is 4.79 Å². The lowest BCUT2D eigenvalue weighted by atomic mass is 9.81. The van der Waals surface area contributed by atoms with E-state index < -0.39 is 0 Å². The minimum absolute atomic E-state index is 0.107. The molecule has 2 fully saturated rings. The summed E-state index contributed by atoms with van der Waals surface area (Å²) in [5.74, 6) is 1.16. The molecule has 1 aliphatic heterocycles. The van der Waals surface area contributed by atoms with Gasteiger partial charge in [0, 0.05) is 12.6 Å². The highest BCUT2D eigenvalue weighted by Crippen LogP contribution is 2.33. The Morgan fingerprint density at radius 2 is 2.21 bits per heavy atom. The van der Waals surface area contributed by atoms with E-state index in [1.807, 2.05) is 0 Å². The molecule has 1 saturated heterocycles. The lowest BCUT2D eigenvalue weighted by molar-refractivity contribution is -0.133. The molecule has 0 aromatic heterocycles. The van der Waals surface area contributed by atoms with Crippen molar-refractivity contribution in [1.82, 2.24) is 10.2 Å². The highest BCUT2D eigenvalue weighted by Gasteiger charge is 2.39. The molecule has 1 amide bonds. The van der Waals surface area contributed by atoms with Crippen molar-refractivity contribution >= 4 is 5.91 Å². The van der Waals surface area contributed by atoms with Gasteiger partial charge in [-0.05, 0) is 31.7 Å². The molecule has 0 aromatic carbocycles. The maximum Gasteiger partial charge on any atom is 0.240 e. The molecule has 1 saturated carbocycles. The molecule has 1 heterocycles. The van der Waals surface area contributed by atoms with Crippen molar-refractivity contribution in [3.8, 4) is 0 Å². The van der Waals surface area contributed by atoms with Crippen molar-refractivity contribution in [2.75, 3.05) is 13.1 Å². The average Bonchev–Trinajstić information content (AvgIpc) is 2.44. The second-order valence-electron chi connectivity index (χ2n) is 4.66. The Morgan fingerprint density at radius 1 is 1.50 bits per heavy atom. The van der Waals surface area contributed by atoms with Gasteiger partial charge < -0.3 is 10.2 Å². The number of nitrogens with zero attached hydrogens (tertiary/aromatic N) is 1. The first-order valence-corrected chi connectivity index (χ1v) is 5.76. The number of rotatable bonds is 3. The Labute approximate surface area is 85.8 Å². The van der Waals surface area contributed by atoms with E-state index >= 15 is 0 Å². The second kappa shape index (κ2) is 3.89. The van der Waals surface area contributed by atoms with Crippen LogP contribution in [0.4, 0.5) is 0 Å². The molecule has 0 spiro atoms. The van der Waals surface area contributed by atoms with Gasteiger partial charge in [0.2, 0.25) is 5.91 Å². The third kappa shape index (κ3) is 1.65. The fraction of sp³-hybridized carbons (Fsp3) is 0.909.